The summed E-state index contributed by atoms with van der Waals surface area (Å²) in [5, 5.41) is 8.22. The van der Waals surface area contributed by atoms with E-state index in [0.29, 0.717) is 24.6 Å². The third-order valence-electron chi connectivity index (χ3n) is 4.04. The van der Waals surface area contributed by atoms with Gasteiger partial charge in [-0.15, -0.1) is 0 Å². The first-order valence-corrected chi connectivity index (χ1v) is 10.7. The second-order valence-corrected chi connectivity index (χ2v) is 8.46. The Morgan fingerprint density at radius 2 is 2.00 bits per heavy atom. The molecule has 0 aliphatic carbocycles. The molecule has 1 aromatic heterocycles. The molecule has 1 aliphatic rings. The molecule has 1 amide bonds. The number of rotatable bonds is 6. The van der Waals surface area contributed by atoms with E-state index < -0.39 is 15.0 Å². The Kier molecular flexibility index (Phi) is 5.25. The number of carbonyl (C=O) groups is 1. The van der Waals surface area contributed by atoms with E-state index in [0.717, 1.165) is 12.1 Å². The number of fused-ring (bicyclic) bond motifs is 1. The quantitative estimate of drug-likeness (QED) is 0.682. The number of amidine groups is 1. The maximum atomic E-state index is 12.4. The van der Waals surface area contributed by atoms with E-state index in [2.05, 4.69) is 15.4 Å². The predicted octanol–water partition coefficient (Wildman–Crippen LogP) is 2.76. The zero-order chi connectivity index (χ0) is 19.8. The SMILES string of the molecule is CCCOc1ccc(S(=O)(=O)Cl)cc1C1=Nc2c(nn(CC)c2C)C(=O)[N]1. The van der Waals surface area contributed by atoms with Crippen LogP contribution in [0.25, 0.3) is 0 Å². The molecule has 27 heavy (non-hydrogen) atoms. The first kappa shape index (κ1) is 19.4. The molecule has 2 aromatic rings. The average molecular weight is 410 g/mol. The fourth-order valence-electron chi connectivity index (χ4n) is 2.70. The van der Waals surface area contributed by atoms with Gasteiger partial charge in [-0.3, -0.25) is 9.48 Å². The number of amides is 1. The van der Waals surface area contributed by atoms with Crippen LogP contribution in [0.4, 0.5) is 5.69 Å². The summed E-state index contributed by atoms with van der Waals surface area (Å²) in [5.74, 6) is -0.0920. The zero-order valence-electron chi connectivity index (χ0n) is 15.1. The molecule has 8 nitrogen and oxygen atoms in total. The summed E-state index contributed by atoms with van der Waals surface area (Å²) in [6.07, 6.45) is 0.754. The molecule has 0 atom stereocenters. The molecule has 0 N–H and O–H groups in total. The van der Waals surface area contributed by atoms with Gasteiger partial charge in [0.25, 0.3) is 9.05 Å². The van der Waals surface area contributed by atoms with Crippen LogP contribution in [-0.2, 0) is 15.6 Å². The Morgan fingerprint density at radius 3 is 2.63 bits per heavy atom. The summed E-state index contributed by atoms with van der Waals surface area (Å²) in [6.45, 7) is 6.66. The molecule has 0 unspecified atom stereocenters. The Labute approximate surface area is 161 Å². The number of aromatic nitrogens is 2. The van der Waals surface area contributed by atoms with Gasteiger partial charge in [0.05, 0.1) is 22.8 Å². The molecule has 1 radical (unpaired) electrons. The summed E-state index contributed by atoms with van der Waals surface area (Å²) in [4.78, 5) is 16.8. The number of aliphatic imine (C=N–C) groups is 1. The predicted molar refractivity (Wildman–Crippen MR) is 101 cm³/mol. The molecule has 143 valence electrons. The van der Waals surface area contributed by atoms with Crippen molar-refractivity contribution in [3.8, 4) is 5.75 Å². The minimum atomic E-state index is -3.96. The lowest BCUT2D eigenvalue weighted by Gasteiger charge is -2.15. The Morgan fingerprint density at radius 1 is 1.26 bits per heavy atom. The first-order chi connectivity index (χ1) is 12.8. The van der Waals surface area contributed by atoms with Crippen LogP contribution in [-0.4, -0.2) is 36.5 Å². The lowest BCUT2D eigenvalue weighted by atomic mass is 10.1. The van der Waals surface area contributed by atoms with Crippen LogP contribution in [0.3, 0.4) is 0 Å². The van der Waals surface area contributed by atoms with Gasteiger partial charge in [-0.1, -0.05) is 6.92 Å². The normalized spacial score (nSPS) is 13.8. The number of hydrogen-bond donors (Lipinski definition) is 0. The van der Waals surface area contributed by atoms with Crippen molar-refractivity contribution in [2.75, 3.05) is 6.61 Å². The number of nitrogens with zero attached hydrogens (tertiary/aromatic N) is 4. The number of hydrogen-bond acceptors (Lipinski definition) is 6. The molecule has 10 heteroatoms. The van der Waals surface area contributed by atoms with Crippen molar-refractivity contribution in [1.29, 1.82) is 0 Å². The molecule has 2 heterocycles. The summed E-state index contributed by atoms with van der Waals surface area (Å²) >= 11 is 0. The van der Waals surface area contributed by atoms with Gasteiger partial charge in [0.15, 0.2) is 11.5 Å². The van der Waals surface area contributed by atoms with Crippen molar-refractivity contribution >= 4 is 37.2 Å². The van der Waals surface area contributed by atoms with Crippen molar-refractivity contribution in [2.45, 2.75) is 38.6 Å². The summed E-state index contributed by atoms with van der Waals surface area (Å²) in [5.41, 5.74) is 1.61. The molecule has 0 fully saturated rings. The van der Waals surface area contributed by atoms with Crippen molar-refractivity contribution in [3.63, 3.8) is 0 Å². The third-order valence-corrected chi connectivity index (χ3v) is 5.39. The minimum absolute atomic E-state index is 0.0690. The van der Waals surface area contributed by atoms with Crippen molar-refractivity contribution < 1.29 is 17.9 Å². The van der Waals surface area contributed by atoms with Gasteiger partial charge in [-0.25, -0.2) is 13.4 Å². The van der Waals surface area contributed by atoms with Gasteiger partial charge >= 0.3 is 5.91 Å². The first-order valence-electron chi connectivity index (χ1n) is 8.40. The smallest absolute Gasteiger partial charge is 0.301 e. The van der Waals surface area contributed by atoms with Crippen LogP contribution in [0, 0.1) is 6.92 Å². The second kappa shape index (κ2) is 7.32. The number of benzene rings is 1. The van der Waals surface area contributed by atoms with E-state index in [1.54, 1.807) is 4.68 Å². The Bertz CT molecular complexity index is 1040. The Hall–Kier alpha value is -2.39. The number of aryl methyl sites for hydroxylation is 1. The van der Waals surface area contributed by atoms with Gasteiger partial charge in [0.2, 0.25) is 0 Å². The fraction of sp³-hybridized carbons (Fsp3) is 0.353. The third kappa shape index (κ3) is 3.70. The summed E-state index contributed by atoms with van der Waals surface area (Å²) in [6, 6.07) is 4.14. The molecule has 1 aromatic carbocycles. The van der Waals surface area contributed by atoms with E-state index in [-0.39, 0.29) is 22.0 Å². The van der Waals surface area contributed by atoms with Crippen LogP contribution in [0.5, 0.6) is 5.75 Å². The van der Waals surface area contributed by atoms with Crippen molar-refractivity contribution in [1.82, 2.24) is 15.1 Å². The van der Waals surface area contributed by atoms with E-state index in [1.165, 1.54) is 18.2 Å². The van der Waals surface area contributed by atoms with E-state index in [4.69, 9.17) is 15.4 Å². The van der Waals surface area contributed by atoms with Crippen LogP contribution in [0.15, 0.2) is 28.1 Å². The summed E-state index contributed by atoms with van der Waals surface area (Å²) < 4.78 is 30.8. The van der Waals surface area contributed by atoms with Crippen LogP contribution < -0.4 is 10.1 Å². The summed E-state index contributed by atoms with van der Waals surface area (Å²) in [7, 11) is 1.50. The molecule has 0 spiro atoms. The lowest BCUT2D eigenvalue weighted by Crippen LogP contribution is -2.28. The van der Waals surface area contributed by atoms with Gasteiger partial charge in [0.1, 0.15) is 11.4 Å². The highest BCUT2D eigenvalue weighted by Gasteiger charge is 2.30. The molecule has 1 aliphatic heterocycles. The zero-order valence-corrected chi connectivity index (χ0v) is 16.6. The number of ether oxygens (including phenoxy) is 1. The fourth-order valence-corrected chi connectivity index (χ4v) is 3.47. The molecule has 0 saturated carbocycles. The van der Waals surface area contributed by atoms with E-state index in [1.807, 2.05) is 20.8 Å². The van der Waals surface area contributed by atoms with Gasteiger partial charge in [-0.05, 0) is 38.5 Å². The van der Waals surface area contributed by atoms with Crippen LogP contribution in [0.2, 0.25) is 0 Å². The van der Waals surface area contributed by atoms with Gasteiger partial charge in [0, 0.05) is 17.2 Å². The topological polar surface area (TPSA) is 105 Å². The highest BCUT2D eigenvalue weighted by atomic mass is 35.7. The lowest BCUT2D eigenvalue weighted by molar-refractivity contribution is 0.0967. The molecular weight excluding hydrogens is 392 g/mol. The molecular formula is C17H18ClN4O4S. The maximum absolute atomic E-state index is 12.4. The van der Waals surface area contributed by atoms with Crippen molar-refractivity contribution in [3.05, 3.63) is 35.2 Å². The molecule has 0 bridgehead atoms. The van der Waals surface area contributed by atoms with E-state index in [9.17, 15) is 13.2 Å². The van der Waals surface area contributed by atoms with Crippen molar-refractivity contribution in [2.24, 2.45) is 4.99 Å². The monoisotopic (exact) mass is 409 g/mol. The average Bonchev–Trinajstić information content (AvgIpc) is 2.95. The van der Waals surface area contributed by atoms with Crippen LogP contribution >= 0.6 is 10.7 Å². The highest BCUT2D eigenvalue weighted by Crippen LogP contribution is 2.31. The minimum Gasteiger partial charge on any atom is -0.493 e. The van der Waals surface area contributed by atoms with E-state index >= 15 is 0 Å². The molecule has 0 saturated heterocycles. The number of halogens is 1. The standard InChI is InChI=1S/C17H18ClN4O4S/c1-4-8-26-13-7-6-11(27(18,24)25)9-12(13)16-19-14-10(3)22(5-2)21-15(14)17(23)20-16/h6-7,9H,4-5,8H2,1-3H3. The van der Waals surface area contributed by atoms with Gasteiger partial charge < -0.3 is 4.74 Å². The van der Waals surface area contributed by atoms with Crippen LogP contribution in [0.1, 0.15) is 42.0 Å². The molecule has 3 rings (SSSR count). The maximum Gasteiger partial charge on any atom is 0.301 e. The highest BCUT2D eigenvalue weighted by molar-refractivity contribution is 8.13. The number of carbonyl (C=O) groups excluding carboxylic acids is 1. The largest absolute Gasteiger partial charge is 0.493 e. The van der Waals surface area contributed by atoms with Gasteiger partial charge in [-0.2, -0.15) is 10.4 Å². The second-order valence-electron chi connectivity index (χ2n) is 5.90. The Balaban J connectivity index is 2.17.